The molecule has 1 aliphatic rings. The van der Waals surface area contributed by atoms with Crippen LogP contribution in [0.3, 0.4) is 0 Å². The first-order valence-corrected chi connectivity index (χ1v) is 7.44. The van der Waals surface area contributed by atoms with E-state index >= 15 is 0 Å². The molecule has 120 valence electrons. The summed E-state index contributed by atoms with van der Waals surface area (Å²) in [6.45, 7) is 3.69. The SMILES string of the molecule is CN1CCN(c2cc(NC(=O)c3cccc(F)c3)ncn2)CC1. The molecule has 0 saturated carbocycles. The number of piperazine rings is 1. The Morgan fingerprint density at radius 1 is 1.17 bits per heavy atom. The maximum absolute atomic E-state index is 13.2. The second kappa shape index (κ2) is 6.70. The number of halogens is 1. The fourth-order valence-electron chi connectivity index (χ4n) is 2.44. The van der Waals surface area contributed by atoms with Gasteiger partial charge in [0.1, 0.15) is 23.8 Å². The number of carbonyl (C=O) groups is 1. The van der Waals surface area contributed by atoms with Gasteiger partial charge in [0, 0.05) is 37.8 Å². The van der Waals surface area contributed by atoms with Crippen LogP contribution in [0, 0.1) is 5.82 Å². The lowest BCUT2D eigenvalue weighted by Crippen LogP contribution is -2.44. The molecule has 2 heterocycles. The van der Waals surface area contributed by atoms with Gasteiger partial charge < -0.3 is 15.1 Å². The molecule has 1 fully saturated rings. The molecule has 7 heteroatoms. The largest absolute Gasteiger partial charge is 0.354 e. The summed E-state index contributed by atoms with van der Waals surface area (Å²) in [5, 5.41) is 2.68. The van der Waals surface area contributed by atoms with E-state index in [-0.39, 0.29) is 5.56 Å². The number of nitrogens with zero attached hydrogens (tertiary/aromatic N) is 4. The molecule has 6 nitrogen and oxygen atoms in total. The molecular weight excluding hydrogens is 297 g/mol. The van der Waals surface area contributed by atoms with Crippen LogP contribution in [0.2, 0.25) is 0 Å². The van der Waals surface area contributed by atoms with Gasteiger partial charge in [-0.3, -0.25) is 4.79 Å². The average Bonchev–Trinajstić information content (AvgIpc) is 2.56. The van der Waals surface area contributed by atoms with Crippen molar-refractivity contribution in [2.75, 3.05) is 43.4 Å². The van der Waals surface area contributed by atoms with Crippen LogP contribution in [-0.2, 0) is 0 Å². The Hall–Kier alpha value is -2.54. The van der Waals surface area contributed by atoms with Gasteiger partial charge in [0.2, 0.25) is 0 Å². The number of nitrogens with one attached hydrogen (secondary N) is 1. The fourth-order valence-corrected chi connectivity index (χ4v) is 2.44. The molecule has 0 spiro atoms. The Kier molecular flexibility index (Phi) is 4.47. The number of carbonyl (C=O) groups excluding carboxylic acids is 1. The van der Waals surface area contributed by atoms with Crippen molar-refractivity contribution in [3.05, 3.63) is 48.0 Å². The maximum Gasteiger partial charge on any atom is 0.256 e. The lowest BCUT2D eigenvalue weighted by molar-refractivity contribution is 0.102. The van der Waals surface area contributed by atoms with Crippen LogP contribution in [0.1, 0.15) is 10.4 Å². The highest BCUT2D eigenvalue weighted by Gasteiger charge is 2.16. The molecule has 1 saturated heterocycles. The number of aromatic nitrogens is 2. The molecule has 0 unspecified atom stereocenters. The molecule has 0 bridgehead atoms. The maximum atomic E-state index is 13.2. The highest BCUT2D eigenvalue weighted by Crippen LogP contribution is 2.16. The summed E-state index contributed by atoms with van der Waals surface area (Å²) in [6, 6.07) is 7.29. The Morgan fingerprint density at radius 3 is 2.70 bits per heavy atom. The van der Waals surface area contributed by atoms with E-state index in [2.05, 4.69) is 32.1 Å². The molecule has 23 heavy (non-hydrogen) atoms. The van der Waals surface area contributed by atoms with Gasteiger partial charge in [0.25, 0.3) is 5.91 Å². The van der Waals surface area contributed by atoms with Gasteiger partial charge in [0.15, 0.2) is 0 Å². The molecule has 1 aliphatic heterocycles. The van der Waals surface area contributed by atoms with Crippen LogP contribution in [0.25, 0.3) is 0 Å². The first-order valence-electron chi connectivity index (χ1n) is 7.44. The Balaban J connectivity index is 1.71. The van der Waals surface area contributed by atoms with Gasteiger partial charge in [-0.1, -0.05) is 6.07 Å². The molecule has 0 atom stereocenters. The number of hydrogen-bond donors (Lipinski definition) is 1. The predicted octanol–water partition coefficient (Wildman–Crippen LogP) is 1.62. The van der Waals surface area contributed by atoms with E-state index in [4.69, 9.17) is 0 Å². The molecule has 1 N–H and O–H groups in total. The summed E-state index contributed by atoms with van der Waals surface area (Å²) in [4.78, 5) is 24.9. The van der Waals surface area contributed by atoms with Crippen molar-refractivity contribution in [2.45, 2.75) is 0 Å². The van der Waals surface area contributed by atoms with Gasteiger partial charge in [-0.05, 0) is 25.2 Å². The zero-order valence-electron chi connectivity index (χ0n) is 12.9. The van der Waals surface area contributed by atoms with E-state index in [1.54, 1.807) is 12.1 Å². The fraction of sp³-hybridized carbons (Fsp3) is 0.312. The van der Waals surface area contributed by atoms with Crippen LogP contribution >= 0.6 is 0 Å². The first-order chi connectivity index (χ1) is 11.1. The quantitative estimate of drug-likeness (QED) is 0.932. The van der Waals surface area contributed by atoms with Gasteiger partial charge >= 0.3 is 0 Å². The third-order valence-electron chi connectivity index (χ3n) is 3.81. The van der Waals surface area contributed by atoms with Gasteiger partial charge in [-0.15, -0.1) is 0 Å². The third kappa shape index (κ3) is 3.81. The van der Waals surface area contributed by atoms with Crippen molar-refractivity contribution in [2.24, 2.45) is 0 Å². The van der Waals surface area contributed by atoms with Crippen LogP contribution in [-0.4, -0.2) is 54.0 Å². The van der Waals surface area contributed by atoms with Gasteiger partial charge in [-0.2, -0.15) is 0 Å². The summed E-state index contributed by atoms with van der Waals surface area (Å²) in [7, 11) is 2.09. The van der Waals surface area contributed by atoms with E-state index in [9.17, 15) is 9.18 Å². The molecule has 0 aliphatic carbocycles. The molecule has 1 aromatic heterocycles. The van der Waals surface area contributed by atoms with Crippen molar-refractivity contribution in [3.63, 3.8) is 0 Å². The summed E-state index contributed by atoms with van der Waals surface area (Å²) < 4.78 is 13.2. The number of amides is 1. The Labute approximate surface area is 134 Å². The topological polar surface area (TPSA) is 61.4 Å². The van der Waals surface area contributed by atoms with Crippen molar-refractivity contribution in [1.82, 2.24) is 14.9 Å². The van der Waals surface area contributed by atoms with Crippen LogP contribution < -0.4 is 10.2 Å². The third-order valence-corrected chi connectivity index (χ3v) is 3.81. The minimum absolute atomic E-state index is 0.254. The molecule has 0 radical (unpaired) electrons. The number of likely N-dealkylation sites (N-methyl/N-ethyl adjacent to an activating group) is 1. The minimum Gasteiger partial charge on any atom is -0.354 e. The van der Waals surface area contributed by atoms with E-state index in [0.717, 1.165) is 32.0 Å². The van der Waals surface area contributed by atoms with E-state index in [1.165, 1.54) is 24.5 Å². The molecule has 2 aromatic rings. The average molecular weight is 315 g/mol. The molecule has 1 amide bonds. The zero-order valence-corrected chi connectivity index (χ0v) is 12.9. The summed E-state index contributed by atoms with van der Waals surface area (Å²) in [5.41, 5.74) is 0.254. The zero-order chi connectivity index (χ0) is 16.2. The Morgan fingerprint density at radius 2 is 1.96 bits per heavy atom. The van der Waals surface area contributed by atoms with Crippen molar-refractivity contribution in [1.29, 1.82) is 0 Å². The number of anilines is 2. The second-order valence-electron chi connectivity index (χ2n) is 5.52. The number of benzene rings is 1. The van der Waals surface area contributed by atoms with Crippen LogP contribution in [0.5, 0.6) is 0 Å². The highest BCUT2D eigenvalue weighted by atomic mass is 19.1. The molecule has 3 rings (SSSR count). The van der Waals surface area contributed by atoms with Gasteiger partial charge in [0.05, 0.1) is 0 Å². The van der Waals surface area contributed by atoms with Crippen molar-refractivity contribution >= 4 is 17.5 Å². The van der Waals surface area contributed by atoms with Crippen molar-refractivity contribution in [3.8, 4) is 0 Å². The summed E-state index contributed by atoms with van der Waals surface area (Å²) >= 11 is 0. The highest BCUT2D eigenvalue weighted by molar-refractivity contribution is 6.03. The molecular formula is C16H18FN5O. The first kappa shape index (κ1) is 15.4. The van der Waals surface area contributed by atoms with E-state index in [1.807, 2.05) is 0 Å². The van der Waals surface area contributed by atoms with Crippen LogP contribution in [0.15, 0.2) is 36.7 Å². The monoisotopic (exact) mass is 315 g/mol. The molecule has 1 aromatic carbocycles. The van der Waals surface area contributed by atoms with E-state index < -0.39 is 11.7 Å². The summed E-state index contributed by atoms with van der Waals surface area (Å²) in [6.07, 6.45) is 1.43. The van der Waals surface area contributed by atoms with E-state index in [0.29, 0.717) is 5.82 Å². The Bertz CT molecular complexity index is 700. The smallest absolute Gasteiger partial charge is 0.256 e. The van der Waals surface area contributed by atoms with Crippen LogP contribution in [0.4, 0.5) is 16.0 Å². The predicted molar refractivity (Wildman–Crippen MR) is 86.1 cm³/mol. The van der Waals surface area contributed by atoms with Gasteiger partial charge in [-0.25, -0.2) is 14.4 Å². The summed E-state index contributed by atoms with van der Waals surface area (Å²) in [5.74, 6) is 0.344. The normalized spacial score (nSPS) is 15.5. The standard InChI is InChI=1S/C16H18FN5O/c1-21-5-7-22(8-6-21)15-10-14(18-11-19-15)20-16(23)12-3-2-4-13(17)9-12/h2-4,9-11H,5-8H2,1H3,(H,18,19,20,23). The lowest BCUT2D eigenvalue weighted by Gasteiger charge is -2.33. The minimum atomic E-state index is -0.446. The number of rotatable bonds is 3. The second-order valence-corrected chi connectivity index (χ2v) is 5.52. The number of hydrogen-bond acceptors (Lipinski definition) is 5. The lowest BCUT2D eigenvalue weighted by atomic mass is 10.2. The van der Waals surface area contributed by atoms with Crippen molar-refractivity contribution < 1.29 is 9.18 Å².